The molecule has 1 aromatic heterocycles. The quantitative estimate of drug-likeness (QED) is 0.670. The lowest BCUT2D eigenvalue weighted by Gasteiger charge is -2.08. The molecule has 0 aliphatic heterocycles. The van der Waals surface area contributed by atoms with Crippen molar-refractivity contribution in [3.8, 4) is 28.4 Å². The molecule has 0 unspecified atom stereocenters. The first-order valence-corrected chi connectivity index (χ1v) is 7.58. The molecule has 0 amide bonds. The molecule has 6 heteroatoms. The molecule has 2 aromatic carbocycles. The molecule has 0 atom stereocenters. The zero-order valence-corrected chi connectivity index (χ0v) is 13.6. The Labute approximate surface area is 139 Å². The van der Waals surface area contributed by atoms with Crippen molar-refractivity contribution >= 4 is 11.6 Å². The van der Waals surface area contributed by atoms with Crippen molar-refractivity contribution in [2.24, 2.45) is 0 Å². The van der Waals surface area contributed by atoms with E-state index in [1.165, 1.54) is 0 Å². The van der Waals surface area contributed by atoms with Crippen molar-refractivity contribution in [2.75, 3.05) is 14.2 Å². The molecule has 0 N–H and O–H groups in total. The van der Waals surface area contributed by atoms with Crippen LogP contribution >= 0.6 is 11.6 Å². The molecule has 23 heavy (non-hydrogen) atoms. The van der Waals surface area contributed by atoms with Gasteiger partial charge in [-0.1, -0.05) is 17.3 Å². The Balaban J connectivity index is 1.95. The Morgan fingerprint density at radius 3 is 2.61 bits per heavy atom. The Kier molecular flexibility index (Phi) is 4.48. The lowest BCUT2D eigenvalue weighted by Crippen LogP contribution is -1.95. The van der Waals surface area contributed by atoms with E-state index in [0.717, 1.165) is 22.5 Å². The van der Waals surface area contributed by atoms with Crippen LogP contribution in [0.2, 0.25) is 0 Å². The van der Waals surface area contributed by atoms with E-state index in [0.29, 0.717) is 17.4 Å². The van der Waals surface area contributed by atoms with Gasteiger partial charge >= 0.3 is 0 Å². The van der Waals surface area contributed by atoms with E-state index >= 15 is 0 Å². The molecular formula is C17H16ClN3O2. The average Bonchev–Trinajstić information content (AvgIpc) is 3.11. The van der Waals surface area contributed by atoms with E-state index in [1.807, 2.05) is 48.7 Å². The van der Waals surface area contributed by atoms with Crippen molar-refractivity contribution in [1.82, 2.24) is 15.0 Å². The van der Waals surface area contributed by atoms with Crippen molar-refractivity contribution in [1.29, 1.82) is 0 Å². The van der Waals surface area contributed by atoms with Crippen LogP contribution in [-0.2, 0) is 5.88 Å². The van der Waals surface area contributed by atoms with Crippen LogP contribution in [0.3, 0.4) is 0 Å². The zero-order chi connectivity index (χ0) is 16.2. The fourth-order valence-electron chi connectivity index (χ4n) is 2.30. The highest BCUT2D eigenvalue weighted by molar-refractivity contribution is 6.17. The minimum absolute atomic E-state index is 0.463. The standard InChI is InChI=1S/C17H16ClN3O2/c1-22-16-7-6-13(9-17(16)23-2)15-11-21(20-19-15)14-5-3-4-12(8-14)10-18/h3-9,11H,10H2,1-2H3. The molecule has 0 radical (unpaired) electrons. The lowest BCUT2D eigenvalue weighted by atomic mass is 10.1. The van der Waals surface area contributed by atoms with Crippen LogP contribution in [0.15, 0.2) is 48.7 Å². The number of aromatic nitrogens is 3. The van der Waals surface area contributed by atoms with Gasteiger partial charge in [-0.3, -0.25) is 0 Å². The summed E-state index contributed by atoms with van der Waals surface area (Å²) in [7, 11) is 3.22. The van der Waals surface area contributed by atoms with Gasteiger partial charge in [0, 0.05) is 11.4 Å². The van der Waals surface area contributed by atoms with E-state index in [4.69, 9.17) is 21.1 Å². The number of nitrogens with zero attached hydrogens (tertiary/aromatic N) is 3. The third kappa shape index (κ3) is 3.14. The van der Waals surface area contributed by atoms with Crippen molar-refractivity contribution in [3.05, 3.63) is 54.2 Å². The minimum Gasteiger partial charge on any atom is -0.493 e. The van der Waals surface area contributed by atoms with E-state index in [2.05, 4.69) is 10.3 Å². The summed E-state index contributed by atoms with van der Waals surface area (Å²) in [6.07, 6.45) is 1.87. The predicted molar refractivity (Wildman–Crippen MR) is 89.5 cm³/mol. The van der Waals surface area contributed by atoms with Crippen LogP contribution < -0.4 is 9.47 Å². The molecule has 3 rings (SSSR count). The number of methoxy groups -OCH3 is 2. The minimum atomic E-state index is 0.463. The number of halogens is 1. The van der Waals surface area contributed by atoms with Crippen LogP contribution in [0.25, 0.3) is 16.9 Å². The van der Waals surface area contributed by atoms with Gasteiger partial charge < -0.3 is 9.47 Å². The first-order valence-electron chi connectivity index (χ1n) is 7.05. The molecule has 0 aliphatic carbocycles. The first-order chi connectivity index (χ1) is 11.2. The van der Waals surface area contributed by atoms with Crippen LogP contribution in [0.5, 0.6) is 11.5 Å². The summed E-state index contributed by atoms with van der Waals surface area (Å²) in [6, 6.07) is 13.5. The molecule has 118 valence electrons. The summed E-state index contributed by atoms with van der Waals surface area (Å²) in [5.74, 6) is 1.80. The van der Waals surface area contributed by atoms with Gasteiger partial charge in [0.05, 0.1) is 26.1 Å². The van der Waals surface area contributed by atoms with Crippen molar-refractivity contribution in [3.63, 3.8) is 0 Å². The maximum absolute atomic E-state index is 5.88. The second-order valence-electron chi connectivity index (χ2n) is 4.92. The van der Waals surface area contributed by atoms with E-state index < -0.39 is 0 Å². The van der Waals surface area contributed by atoms with Crippen LogP contribution in [0.1, 0.15) is 5.56 Å². The van der Waals surface area contributed by atoms with Crippen LogP contribution in [-0.4, -0.2) is 29.2 Å². The fourth-order valence-corrected chi connectivity index (χ4v) is 2.47. The Hall–Kier alpha value is -2.53. The third-order valence-electron chi connectivity index (χ3n) is 3.50. The maximum atomic E-state index is 5.88. The topological polar surface area (TPSA) is 49.2 Å². The van der Waals surface area contributed by atoms with Gasteiger partial charge in [0.15, 0.2) is 11.5 Å². The summed E-state index contributed by atoms with van der Waals surface area (Å²) in [6.45, 7) is 0. The second kappa shape index (κ2) is 6.71. The monoisotopic (exact) mass is 329 g/mol. The highest BCUT2D eigenvalue weighted by Gasteiger charge is 2.10. The number of hydrogen-bond acceptors (Lipinski definition) is 4. The zero-order valence-electron chi connectivity index (χ0n) is 12.9. The Morgan fingerprint density at radius 2 is 1.87 bits per heavy atom. The maximum Gasteiger partial charge on any atom is 0.161 e. The van der Waals surface area contributed by atoms with E-state index in [1.54, 1.807) is 18.9 Å². The SMILES string of the molecule is COc1ccc(-c2cn(-c3cccc(CCl)c3)nn2)cc1OC. The summed E-state index contributed by atoms with van der Waals surface area (Å²) >= 11 is 5.88. The highest BCUT2D eigenvalue weighted by atomic mass is 35.5. The summed E-state index contributed by atoms with van der Waals surface area (Å²) in [4.78, 5) is 0. The van der Waals surface area contributed by atoms with Gasteiger partial charge in [0.25, 0.3) is 0 Å². The molecule has 0 bridgehead atoms. The van der Waals surface area contributed by atoms with E-state index in [-0.39, 0.29) is 0 Å². The first kappa shape index (κ1) is 15.4. The molecule has 0 saturated heterocycles. The number of benzene rings is 2. The molecule has 0 aliphatic rings. The van der Waals surface area contributed by atoms with Crippen LogP contribution in [0.4, 0.5) is 0 Å². The number of ether oxygens (including phenoxy) is 2. The van der Waals surface area contributed by atoms with Crippen molar-refractivity contribution in [2.45, 2.75) is 5.88 Å². The average molecular weight is 330 g/mol. The Morgan fingerprint density at radius 1 is 1.04 bits per heavy atom. The van der Waals surface area contributed by atoms with Crippen molar-refractivity contribution < 1.29 is 9.47 Å². The summed E-state index contributed by atoms with van der Waals surface area (Å²) in [5, 5.41) is 8.42. The van der Waals surface area contributed by atoms with Crippen LogP contribution in [0, 0.1) is 0 Å². The molecule has 1 heterocycles. The van der Waals surface area contributed by atoms with Gasteiger partial charge in [0.2, 0.25) is 0 Å². The molecule has 0 spiro atoms. The number of alkyl halides is 1. The normalized spacial score (nSPS) is 10.6. The molecule has 3 aromatic rings. The van der Waals surface area contributed by atoms with Gasteiger partial charge in [-0.2, -0.15) is 0 Å². The summed E-state index contributed by atoms with van der Waals surface area (Å²) < 4.78 is 12.3. The Bertz CT molecular complexity index is 817. The second-order valence-corrected chi connectivity index (χ2v) is 5.19. The molecular weight excluding hydrogens is 314 g/mol. The lowest BCUT2D eigenvalue weighted by molar-refractivity contribution is 0.355. The predicted octanol–water partition coefficient (Wildman–Crippen LogP) is 3.69. The smallest absolute Gasteiger partial charge is 0.161 e. The van der Waals surface area contributed by atoms with Gasteiger partial charge in [0.1, 0.15) is 5.69 Å². The molecule has 5 nitrogen and oxygen atoms in total. The number of hydrogen-bond donors (Lipinski definition) is 0. The van der Waals surface area contributed by atoms with Gasteiger partial charge in [-0.15, -0.1) is 16.7 Å². The van der Waals surface area contributed by atoms with E-state index in [9.17, 15) is 0 Å². The largest absolute Gasteiger partial charge is 0.493 e. The fraction of sp³-hybridized carbons (Fsp3) is 0.176. The number of rotatable bonds is 5. The highest BCUT2D eigenvalue weighted by Crippen LogP contribution is 2.31. The van der Waals surface area contributed by atoms with Gasteiger partial charge in [-0.25, -0.2) is 4.68 Å². The molecule has 0 fully saturated rings. The molecule has 0 saturated carbocycles. The van der Waals surface area contributed by atoms with Gasteiger partial charge in [-0.05, 0) is 35.9 Å². The summed E-state index contributed by atoms with van der Waals surface area (Å²) in [5.41, 5.74) is 3.61. The third-order valence-corrected chi connectivity index (χ3v) is 3.81.